The van der Waals surface area contributed by atoms with Crippen molar-refractivity contribution in [3.8, 4) is 11.5 Å². The highest BCUT2D eigenvalue weighted by Crippen LogP contribution is 2.30. The van der Waals surface area contributed by atoms with Crippen molar-refractivity contribution in [3.05, 3.63) is 36.4 Å². The van der Waals surface area contributed by atoms with Crippen molar-refractivity contribution in [2.24, 2.45) is 5.41 Å². The summed E-state index contributed by atoms with van der Waals surface area (Å²) in [6.07, 6.45) is 3.25. The van der Waals surface area contributed by atoms with Crippen LogP contribution in [0.25, 0.3) is 0 Å². The Labute approximate surface area is 152 Å². The Morgan fingerprint density at radius 3 is 2.69 bits per heavy atom. The summed E-state index contributed by atoms with van der Waals surface area (Å²) >= 11 is 0. The van der Waals surface area contributed by atoms with Crippen molar-refractivity contribution in [1.29, 1.82) is 0 Å². The lowest BCUT2D eigenvalue weighted by Crippen LogP contribution is -2.47. The lowest BCUT2D eigenvalue weighted by atomic mass is 9.80. The minimum Gasteiger partial charge on any atom is -0.493 e. The zero-order valence-corrected chi connectivity index (χ0v) is 15.0. The lowest BCUT2D eigenvalue weighted by Gasteiger charge is -2.33. The molecule has 0 radical (unpaired) electrons. The Bertz CT molecular complexity index is 651. The minimum atomic E-state index is -0.974. The molecule has 1 heterocycles. The molecule has 7 nitrogen and oxygen atoms in total. The first kappa shape index (κ1) is 19.8. The number of ether oxygens (including phenoxy) is 3. The Kier molecular flexibility index (Phi) is 7.03. The summed E-state index contributed by atoms with van der Waals surface area (Å²) in [5.41, 5.74) is 0.0503. The zero-order chi connectivity index (χ0) is 19.0. The molecule has 26 heavy (non-hydrogen) atoms. The molecule has 7 heteroatoms. The zero-order valence-electron chi connectivity index (χ0n) is 15.0. The summed E-state index contributed by atoms with van der Waals surface area (Å²) in [6, 6.07) is 5.44. The van der Waals surface area contributed by atoms with Gasteiger partial charge in [-0.2, -0.15) is 0 Å². The van der Waals surface area contributed by atoms with Crippen LogP contribution in [0.4, 0.5) is 0 Å². The van der Waals surface area contributed by atoms with E-state index in [9.17, 15) is 14.7 Å². The standard InChI is InChI=1S/C19H25NO6/c1-3-4-14-5-6-15(16(11-14)24-2)26-12-17(21)20-13-19(18(22)23)7-9-25-10-8-19/h3,5-6,11H,1,4,7-10,12-13H2,2H3,(H,20,21)(H,22,23). The maximum atomic E-state index is 12.1. The van der Waals surface area contributed by atoms with E-state index >= 15 is 0 Å². The van der Waals surface area contributed by atoms with Crippen LogP contribution in [0.15, 0.2) is 30.9 Å². The van der Waals surface area contributed by atoms with Gasteiger partial charge in [-0.15, -0.1) is 6.58 Å². The van der Waals surface area contributed by atoms with E-state index in [2.05, 4.69) is 11.9 Å². The average Bonchev–Trinajstić information content (AvgIpc) is 2.66. The third kappa shape index (κ3) is 4.98. The largest absolute Gasteiger partial charge is 0.493 e. The number of carboxylic acids is 1. The van der Waals surface area contributed by atoms with E-state index in [4.69, 9.17) is 14.2 Å². The molecule has 2 N–H and O–H groups in total. The molecule has 1 amide bonds. The van der Waals surface area contributed by atoms with E-state index in [1.807, 2.05) is 12.1 Å². The first-order chi connectivity index (χ1) is 12.5. The molecule has 0 bridgehead atoms. The van der Waals surface area contributed by atoms with Crippen LogP contribution in [0.5, 0.6) is 11.5 Å². The number of carbonyl (C=O) groups is 2. The fourth-order valence-corrected chi connectivity index (χ4v) is 2.82. The summed E-state index contributed by atoms with van der Waals surface area (Å²) in [6.45, 7) is 4.30. The highest BCUT2D eigenvalue weighted by molar-refractivity contribution is 5.80. The van der Waals surface area contributed by atoms with Crippen LogP contribution in [-0.4, -0.2) is 50.5 Å². The molecule has 2 rings (SSSR count). The molecule has 1 aromatic rings. The number of hydrogen-bond acceptors (Lipinski definition) is 5. The van der Waals surface area contributed by atoms with Crippen molar-refractivity contribution in [2.45, 2.75) is 19.3 Å². The van der Waals surface area contributed by atoms with Gasteiger partial charge in [0.2, 0.25) is 0 Å². The predicted octanol–water partition coefficient (Wildman–Crippen LogP) is 1.80. The van der Waals surface area contributed by atoms with E-state index in [0.717, 1.165) is 5.56 Å². The fourth-order valence-electron chi connectivity index (χ4n) is 2.82. The number of amides is 1. The quantitative estimate of drug-likeness (QED) is 0.650. The normalized spacial score (nSPS) is 15.7. The van der Waals surface area contributed by atoms with Crippen LogP contribution in [0.2, 0.25) is 0 Å². The number of carbonyl (C=O) groups excluding carboxylic acids is 1. The van der Waals surface area contributed by atoms with Crippen LogP contribution >= 0.6 is 0 Å². The average molecular weight is 363 g/mol. The van der Waals surface area contributed by atoms with Crippen LogP contribution in [-0.2, 0) is 20.7 Å². The Morgan fingerprint density at radius 2 is 2.08 bits per heavy atom. The first-order valence-electron chi connectivity index (χ1n) is 8.49. The van der Waals surface area contributed by atoms with Gasteiger partial charge in [0.15, 0.2) is 18.1 Å². The maximum absolute atomic E-state index is 12.1. The highest BCUT2D eigenvalue weighted by atomic mass is 16.5. The molecular weight excluding hydrogens is 338 g/mol. The molecule has 1 saturated heterocycles. The predicted molar refractivity (Wildman–Crippen MR) is 95.5 cm³/mol. The number of rotatable bonds is 9. The molecule has 0 spiro atoms. The monoisotopic (exact) mass is 363 g/mol. The van der Waals surface area contributed by atoms with E-state index in [1.165, 1.54) is 7.11 Å². The smallest absolute Gasteiger partial charge is 0.311 e. The SMILES string of the molecule is C=CCc1ccc(OCC(=O)NCC2(C(=O)O)CCOCC2)c(OC)c1. The van der Waals surface area contributed by atoms with Crippen molar-refractivity contribution in [3.63, 3.8) is 0 Å². The van der Waals surface area contributed by atoms with E-state index in [0.29, 0.717) is 44.0 Å². The van der Waals surface area contributed by atoms with Crippen LogP contribution in [0.3, 0.4) is 0 Å². The van der Waals surface area contributed by atoms with Gasteiger partial charge in [-0.1, -0.05) is 12.1 Å². The van der Waals surface area contributed by atoms with Crippen molar-refractivity contribution >= 4 is 11.9 Å². The number of carboxylic acid groups (broad SMARTS) is 1. The second kappa shape index (κ2) is 9.24. The molecular formula is C19H25NO6. The molecule has 1 aromatic carbocycles. The molecule has 0 unspecified atom stereocenters. The number of methoxy groups -OCH3 is 1. The van der Waals surface area contributed by atoms with Gasteiger partial charge in [0, 0.05) is 19.8 Å². The molecule has 0 aromatic heterocycles. The Balaban J connectivity index is 1.90. The summed E-state index contributed by atoms with van der Waals surface area (Å²) < 4.78 is 16.0. The van der Waals surface area contributed by atoms with Gasteiger partial charge in [-0.05, 0) is 37.0 Å². The third-order valence-electron chi connectivity index (χ3n) is 4.49. The number of hydrogen-bond donors (Lipinski definition) is 2. The summed E-state index contributed by atoms with van der Waals surface area (Å²) in [5.74, 6) is -0.311. The van der Waals surface area contributed by atoms with Crippen LogP contribution < -0.4 is 14.8 Å². The second-order valence-electron chi connectivity index (χ2n) is 6.24. The topological polar surface area (TPSA) is 94.1 Å². The van der Waals surface area contributed by atoms with Crippen LogP contribution in [0, 0.1) is 5.41 Å². The highest BCUT2D eigenvalue weighted by Gasteiger charge is 2.40. The van der Waals surface area contributed by atoms with E-state index < -0.39 is 11.4 Å². The third-order valence-corrected chi connectivity index (χ3v) is 4.49. The number of nitrogens with one attached hydrogen (secondary N) is 1. The second-order valence-corrected chi connectivity index (χ2v) is 6.24. The molecule has 1 aliphatic heterocycles. The van der Waals surface area contributed by atoms with Crippen LogP contribution in [0.1, 0.15) is 18.4 Å². The summed E-state index contributed by atoms with van der Waals surface area (Å²) in [4.78, 5) is 23.7. The van der Waals surface area contributed by atoms with Crippen molar-refractivity contribution in [1.82, 2.24) is 5.32 Å². The number of aliphatic carboxylic acids is 1. The lowest BCUT2D eigenvalue weighted by molar-refractivity contribution is -0.154. The summed E-state index contributed by atoms with van der Waals surface area (Å²) in [7, 11) is 1.53. The molecule has 0 aliphatic carbocycles. The summed E-state index contributed by atoms with van der Waals surface area (Å²) in [5, 5.41) is 12.1. The Morgan fingerprint density at radius 1 is 1.35 bits per heavy atom. The van der Waals surface area contributed by atoms with Gasteiger partial charge in [0.25, 0.3) is 5.91 Å². The van der Waals surface area contributed by atoms with Gasteiger partial charge in [0.05, 0.1) is 12.5 Å². The molecule has 1 fully saturated rings. The van der Waals surface area contributed by atoms with E-state index in [1.54, 1.807) is 12.1 Å². The van der Waals surface area contributed by atoms with Crippen molar-refractivity contribution in [2.75, 3.05) is 33.5 Å². The van der Waals surface area contributed by atoms with Gasteiger partial charge in [-0.3, -0.25) is 9.59 Å². The molecule has 1 aliphatic rings. The number of benzene rings is 1. The van der Waals surface area contributed by atoms with Gasteiger partial charge >= 0.3 is 5.97 Å². The van der Waals surface area contributed by atoms with Gasteiger partial charge in [0.1, 0.15) is 0 Å². The first-order valence-corrected chi connectivity index (χ1v) is 8.49. The number of allylic oxidation sites excluding steroid dienone is 1. The molecule has 0 atom stereocenters. The molecule has 142 valence electrons. The maximum Gasteiger partial charge on any atom is 0.311 e. The van der Waals surface area contributed by atoms with Crippen molar-refractivity contribution < 1.29 is 28.9 Å². The fraction of sp³-hybridized carbons (Fsp3) is 0.474. The Hall–Kier alpha value is -2.54. The van der Waals surface area contributed by atoms with Gasteiger partial charge in [-0.25, -0.2) is 0 Å². The minimum absolute atomic E-state index is 0.0588. The molecule has 0 saturated carbocycles. The van der Waals surface area contributed by atoms with Gasteiger partial charge < -0.3 is 24.6 Å². The van der Waals surface area contributed by atoms with E-state index in [-0.39, 0.29) is 19.1 Å².